The van der Waals surface area contributed by atoms with Gasteiger partial charge >= 0.3 is 5.91 Å². The maximum Gasteiger partial charge on any atom is 0.307 e. The van der Waals surface area contributed by atoms with E-state index >= 15 is 0 Å². The van der Waals surface area contributed by atoms with E-state index in [2.05, 4.69) is 48.3 Å². The van der Waals surface area contributed by atoms with Gasteiger partial charge in [0, 0.05) is 19.9 Å². The number of hydrogen-bond acceptors (Lipinski definition) is 4. The fourth-order valence-corrected chi connectivity index (χ4v) is 2.97. The Balaban J connectivity index is 1.74. The van der Waals surface area contributed by atoms with E-state index in [1.165, 1.54) is 6.21 Å². The Bertz CT molecular complexity index is 1030. The number of fused-ring (bicyclic) bond motifs is 1. The number of furan rings is 1. The molecule has 0 unspecified atom stereocenters. The van der Waals surface area contributed by atoms with Crippen molar-refractivity contribution in [1.29, 1.82) is 0 Å². The number of hydrogen-bond donors (Lipinski definition) is 1. The quantitative estimate of drug-likeness (QED) is 0.329. The molecule has 2 aromatic carbocycles. The van der Waals surface area contributed by atoms with Gasteiger partial charge in [-0.25, -0.2) is 5.43 Å². The van der Waals surface area contributed by atoms with Crippen molar-refractivity contribution >= 4 is 55.0 Å². The van der Waals surface area contributed by atoms with Crippen LogP contribution in [0.5, 0.6) is 5.75 Å². The Morgan fingerprint density at radius 3 is 2.81 bits per heavy atom. The molecule has 0 bridgehead atoms. The fourth-order valence-electron chi connectivity index (χ4n) is 2.21. The van der Waals surface area contributed by atoms with Gasteiger partial charge in [-0.3, -0.25) is 4.79 Å². The summed E-state index contributed by atoms with van der Waals surface area (Å²) in [6, 6.07) is 12.6. The van der Waals surface area contributed by atoms with E-state index in [4.69, 9.17) is 15.6 Å². The largest absolute Gasteiger partial charge is 0.480 e. The molecule has 26 heavy (non-hydrogen) atoms. The molecule has 1 aromatic heterocycles. The third-order valence-corrected chi connectivity index (χ3v) is 4.34. The highest BCUT2D eigenvalue weighted by Crippen LogP contribution is 2.24. The van der Waals surface area contributed by atoms with Crippen LogP contribution in [-0.4, -0.2) is 18.7 Å². The van der Waals surface area contributed by atoms with Crippen LogP contribution in [-0.2, 0) is 0 Å². The van der Waals surface area contributed by atoms with Crippen LogP contribution < -0.4 is 10.2 Å². The summed E-state index contributed by atoms with van der Waals surface area (Å²) in [5, 5.41) is 4.79. The number of ether oxygens (including phenoxy) is 1. The van der Waals surface area contributed by atoms with Gasteiger partial charge < -0.3 is 9.15 Å². The van der Waals surface area contributed by atoms with Crippen molar-refractivity contribution in [1.82, 2.24) is 5.43 Å². The van der Waals surface area contributed by atoms with Gasteiger partial charge in [0.15, 0.2) is 5.76 Å². The molecule has 0 aliphatic rings. The smallest absolute Gasteiger partial charge is 0.307 e. The number of rotatable bonds is 5. The van der Waals surface area contributed by atoms with Crippen LogP contribution in [0, 0.1) is 12.3 Å². The highest BCUT2D eigenvalue weighted by molar-refractivity contribution is 9.10. The van der Waals surface area contributed by atoms with E-state index in [-0.39, 0.29) is 12.4 Å². The van der Waals surface area contributed by atoms with Crippen LogP contribution in [0.3, 0.4) is 0 Å². The lowest BCUT2D eigenvalue weighted by Gasteiger charge is -2.06. The van der Waals surface area contributed by atoms with Gasteiger partial charge in [-0.1, -0.05) is 37.8 Å². The first-order valence-electron chi connectivity index (χ1n) is 7.45. The van der Waals surface area contributed by atoms with Crippen molar-refractivity contribution in [2.24, 2.45) is 5.10 Å². The first-order valence-corrected chi connectivity index (χ1v) is 9.04. The SMILES string of the molecule is C#CCOc1ccc(Br)cc1/C=N/NC(=O)c1cc2cc(Br)ccc2o1. The molecule has 5 nitrogen and oxygen atoms in total. The maximum absolute atomic E-state index is 12.2. The minimum Gasteiger partial charge on any atom is -0.480 e. The summed E-state index contributed by atoms with van der Waals surface area (Å²) in [6.45, 7) is 0.142. The second-order valence-electron chi connectivity index (χ2n) is 5.17. The van der Waals surface area contributed by atoms with Crippen molar-refractivity contribution in [2.45, 2.75) is 0 Å². The fraction of sp³-hybridized carbons (Fsp3) is 0.0526. The van der Waals surface area contributed by atoms with Crippen molar-refractivity contribution in [3.05, 3.63) is 62.7 Å². The molecule has 1 amide bonds. The lowest BCUT2D eigenvalue weighted by Crippen LogP contribution is -2.16. The summed E-state index contributed by atoms with van der Waals surface area (Å²) >= 11 is 6.77. The molecule has 130 valence electrons. The predicted octanol–water partition coefficient (Wildman–Crippen LogP) is 4.73. The molecule has 0 spiro atoms. The van der Waals surface area contributed by atoms with Crippen LogP contribution in [0.4, 0.5) is 0 Å². The van der Waals surface area contributed by atoms with E-state index in [1.807, 2.05) is 18.2 Å². The number of halogens is 2. The maximum atomic E-state index is 12.2. The zero-order valence-corrected chi connectivity index (χ0v) is 16.5. The van der Waals surface area contributed by atoms with E-state index in [0.29, 0.717) is 16.9 Å². The predicted molar refractivity (Wildman–Crippen MR) is 107 cm³/mol. The van der Waals surface area contributed by atoms with Gasteiger partial charge in [-0.05, 0) is 42.5 Å². The number of hydrazone groups is 1. The molecule has 0 saturated carbocycles. The summed E-state index contributed by atoms with van der Waals surface area (Å²) in [4.78, 5) is 12.2. The summed E-state index contributed by atoms with van der Waals surface area (Å²) in [7, 11) is 0. The molecule has 0 radical (unpaired) electrons. The van der Waals surface area contributed by atoms with Crippen molar-refractivity contribution in [2.75, 3.05) is 6.61 Å². The molecule has 1 N–H and O–H groups in total. The molecule has 0 aliphatic heterocycles. The van der Waals surface area contributed by atoms with Crippen molar-refractivity contribution in [3.8, 4) is 18.1 Å². The third-order valence-electron chi connectivity index (χ3n) is 3.35. The average Bonchev–Trinajstić information content (AvgIpc) is 3.04. The summed E-state index contributed by atoms with van der Waals surface area (Å²) in [5.74, 6) is 2.70. The molecule has 1 heterocycles. The van der Waals surface area contributed by atoms with Crippen LogP contribution in [0.1, 0.15) is 16.1 Å². The topological polar surface area (TPSA) is 63.8 Å². The van der Waals surface area contributed by atoms with Gasteiger partial charge in [0.1, 0.15) is 17.9 Å². The Hall–Kier alpha value is -2.56. The lowest BCUT2D eigenvalue weighted by molar-refractivity contribution is 0.0929. The monoisotopic (exact) mass is 474 g/mol. The van der Waals surface area contributed by atoms with Gasteiger partial charge in [-0.15, -0.1) is 6.42 Å². The number of carbonyl (C=O) groups excluding carboxylic acids is 1. The standard InChI is InChI=1S/C19H12Br2N2O3/c1-2-7-25-16-5-3-15(21)9-13(16)11-22-23-19(24)18-10-12-8-14(20)4-6-17(12)26-18/h1,3-6,8-11H,7H2,(H,23,24)/b22-11+. The molecule has 3 rings (SSSR count). The third kappa shape index (κ3) is 4.34. The minimum atomic E-state index is -0.449. The lowest BCUT2D eigenvalue weighted by atomic mass is 10.2. The van der Waals surface area contributed by atoms with E-state index in [9.17, 15) is 4.79 Å². The summed E-state index contributed by atoms with van der Waals surface area (Å²) in [6.07, 6.45) is 6.69. The molecule has 0 saturated heterocycles. The van der Waals surface area contributed by atoms with E-state index in [0.717, 1.165) is 14.3 Å². The molecule has 0 fully saturated rings. The number of benzene rings is 2. The number of carbonyl (C=O) groups is 1. The van der Waals surface area contributed by atoms with Gasteiger partial charge in [0.05, 0.1) is 6.21 Å². The molecular formula is C19H12Br2N2O3. The number of terminal acetylenes is 1. The van der Waals surface area contributed by atoms with E-state index in [1.54, 1.807) is 24.3 Å². The molecular weight excluding hydrogens is 464 g/mol. The van der Waals surface area contributed by atoms with Crippen molar-refractivity contribution in [3.63, 3.8) is 0 Å². The van der Waals surface area contributed by atoms with Crippen LogP contribution in [0.2, 0.25) is 0 Å². The summed E-state index contributed by atoms with van der Waals surface area (Å²) in [5.41, 5.74) is 3.73. The molecule has 0 aliphatic carbocycles. The normalized spacial score (nSPS) is 10.8. The Labute approximate surface area is 166 Å². The van der Waals surface area contributed by atoms with Gasteiger partial charge in [-0.2, -0.15) is 5.10 Å². The number of amides is 1. The average molecular weight is 476 g/mol. The highest BCUT2D eigenvalue weighted by atomic mass is 79.9. The number of nitrogens with zero attached hydrogens (tertiary/aromatic N) is 1. The second kappa shape index (κ2) is 8.21. The first kappa shape index (κ1) is 18.2. The first-order chi connectivity index (χ1) is 12.6. The highest BCUT2D eigenvalue weighted by Gasteiger charge is 2.12. The number of nitrogens with one attached hydrogen (secondary N) is 1. The van der Waals surface area contributed by atoms with Crippen LogP contribution in [0.25, 0.3) is 11.0 Å². The van der Waals surface area contributed by atoms with Crippen molar-refractivity contribution < 1.29 is 13.9 Å². The molecule has 0 atom stereocenters. The van der Waals surface area contributed by atoms with Crippen LogP contribution >= 0.6 is 31.9 Å². The Morgan fingerprint density at radius 2 is 2.00 bits per heavy atom. The zero-order chi connectivity index (χ0) is 18.5. The van der Waals surface area contributed by atoms with Crippen LogP contribution in [0.15, 0.2) is 60.9 Å². The second-order valence-corrected chi connectivity index (χ2v) is 7.00. The Morgan fingerprint density at radius 1 is 1.23 bits per heavy atom. The minimum absolute atomic E-state index is 0.142. The van der Waals surface area contributed by atoms with Gasteiger partial charge in [0.25, 0.3) is 0 Å². The summed E-state index contributed by atoms with van der Waals surface area (Å²) < 4.78 is 12.7. The van der Waals surface area contributed by atoms with Gasteiger partial charge in [0.2, 0.25) is 0 Å². The molecule has 3 aromatic rings. The molecule has 7 heteroatoms. The Kier molecular flexibility index (Phi) is 5.76. The zero-order valence-electron chi connectivity index (χ0n) is 13.3. The van der Waals surface area contributed by atoms with E-state index < -0.39 is 5.91 Å².